The lowest BCUT2D eigenvalue weighted by molar-refractivity contribution is 0.112. The van der Waals surface area contributed by atoms with Gasteiger partial charge in [0.2, 0.25) is 0 Å². The number of carbonyl (C=O) groups excluding carboxylic acids is 1. The van der Waals surface area contributed by atoms with E-state index in [1.165, 1.54) is 11.1 Å². The van der Waals surface area contributed by atoms with E-state index >= 15 is 0 Å². The molecule has 4 aromatic carbocycles. The van der Waals surface area contributed by atoms with Crippen LogP contribution in [0.1, 0.15) is 79.7 Å². The molecule has 0 aliphatic carbocycles. The number of nitrogens with zero attached hydrogens (tertiary/aromatic N) is 1. The van der Waals surface area contributed by atoms with Crippen LogP contribution in [0.5, 0.6) is 5.75 Å². The minimum absolute atomic E-state index is 0.0988. The first-order valence-corrected chi connectivity index (χ1v) is 13.8. The van der Waals surface area contributed by atoms with Gasteiger partial charge in [-0.1, -0.05) is 90.1 Å². The van der Waals surface area contributed by atoms with Gasteiger partial charge in [0.25, 0.3) is 0 Å². The summed E-state index contributed by atoms with van der Waals surface area (Å²) < 4.78 is 5.39. The van der Waals surface area contributed by atoms with Gasteiger partial charge in [0.15, 0.2) is 6.29 Å². The van der Waals surface area contributed by atoms with Gasteiger partial charge in [-0.05, 0) is 94.1 Å². The Kier molecular flexibility index (Phi) is 8.34. The number of aldehydes is 1. The maximum Gasteiger partial charge on any atom is 0.153 e. The smallest absolute Gasteiger partial charge is 0.153 e. The lowest BCUT2D eigenvalue weighted by atomic mass is 9.86. The van der Waals surface area contributed by atoms with Gasteiger partial charge in [0.1, 0.15) is 5.75 Å². The van der Waals surface area contributed by atoms with E-state index in [-0.39, 0.29) is 10.8 Å². The highest BCUT2D eigenvalue weighted by Crippen LogP contribution is 2.37. The van der Waals surface area contributed by atoms with Crippen molar-refractivity contribution < 1.29 is 9.53 Å². The number of anilines is 3. The van der Waals surface area contributed by atoms with Crippen LogP contribution in [0.3, 0.4) is 0 Å². The minimum Gasteiger partial charge on any atom is -0.496 e. The van der Waals surface area contributed by atoms with Crippen molar-refractivity contribution in [3.63, 3.8) is 0 Å². The molecule has 0 bridgehead atoms. The van der Waals surface area contributed by atoms with Crippen LogP contribution >= 0.6 is 0 Å². The van der Waals surface area contributed by atoms with Crippen molar-refractivity contribution in [3.8, 4) is 5.75 Å². The van der Waals surface area contributed by atoms with Crippen molar-refractivity contribution in [1.29, 1.82) is 0 Å². The molecule has 0 N–H and O–H groups in total. The molecular weight excluding hydrogens is 490 g/mol. The minimum atomic E-state index is 0.0988. The zero-order chi connectivity index (χ0) is 29.1. The lowest BCUT2D eigenvalue weighted by Crippen LogP contribution is -2.14. The van der Waals surface area contributed by atoms with Gasteiger partial charge in [0, 0.05) is 17.1 Å². The average Bonchev–Trinajstić information content (AvgIpc) is 2.92. The number of hydrogen-bond acceptors (Lipinski definition) is 3. The van der Waals surface area contributed by atoms with E-state index in [0.717, 1.165) is 40.0 Å². The van der Waals surface area contributed by atoms with E-state index in [2.05, 4.69) is 131 Å². The molecule has 3 heteroatoms. The summed E-state index contributed by atoms with van der Waals surface area (Å²) in [5.74, 6) is 0.584. The third-order valence-electron chi connectivity index (χ3n) is 7.34. The monoisotopic (exact) mass is 531 g/mol. The number of rotatable bonds is 7. The molecule has 4 rings (SSSR count). The normalized spacial score (nSPS) is 12.0. The molecule has 0 amide bonds. The molecule has 4 aromatic rings. The number of carbonyl (C=O) groups is 1. The van der Waals surface area contributed by atoms with Crippen molar-refractivity contribution in [2.45, 2.75) is 59.3 Å². The third-order valence-corrected chi connectivity index (χ3v) is 7.34. The molecule has 0 radical (unpaired) electrons. The molecule has 0 atom stereocenters. The summed E-state index contributed by atoms with van der Waals surface area (Å²) in [6, 6.07) is 30.2. The van der Waals surface area contributed by atoms with E-state index < -0.39 is 0 Å². The summed E-state index contributed by atoms with van der Waals surface area (Å²) in [5.41, 5.74) is 9.86. The van der Waals surface area contributed by atoms with Crippen LogP contribution in [0.2, 0.25) is 0 Å². The standard InChI is InChI=1S/C37H41NO2/c1-26-23-29(25-39)35(40-8)24-28(26)12-9-27-10-17-32(18-11-27)38(33-19-13-30(14-20-33)36(2,3)4)34-21-15-31(16-22-34)37(5,6)7/h9-25H,1-8H3/b12-9+. The zero-order valence-corrected chi connectivity index (χ0v) is 25.1. The fourth-order valence-electron chi connectivity index (χ4n) is 4.76. The predicted octanol–water partition coefficient (Wildman–Crippen LogP) is 10.1. The highest BCUT2D eigenvalue weighted by molar-refractivity contribution is 5.83. The van der Waals surface area contributed by atoms with Gasteiger partial charge >= 0.3 is 0 Å². The molecule has 0 aliphatic rings. The lowest BCUT2D eigenvalue weighted by Gasteiger charge is -2.28. The maximum absolute atomic E-state index is 11.3. The highest BCUT2D eigenvalue weighted by atomic mass is 16.5. The summed E-state index contributed by atoms with van der Waals surface area (Å²) in [5, 5.41) is 0. The Morgan fingerprint density at radius 3 is 1.48 bits per heavy atom. The first-order chi connectivity index (χ1) is 18.9. The molecule has 0 saturated heterocycles. The van der Waals surface area contributed by atoms with Gasteiger partial charge < -0.3 is 9.64 Å². The van der Waals surface area contributed by atoms with E-state index in [9.17, 15) is 4.79 Å². The van der Waals surface area contributed by atoms with Gasteiger partial charge in [-0.2, -0.15) is 0 Å². The second-order valence-corrected chi connectivity index (χ2v) is 12.4. The summed E-state index contributed by atoms with van der Waals surface area (Å²) in [4.78, 5) is 13.6. The Morgan fingerprint density at radius 2 is 1.07 bits per heavy atom. The Bertz CT molecular complexity index is 1420. The van der Waals surface area contributed by atoms with Crippen LogP contribution < -0.4 is 9.64 Å². The number of aryl methyl sites for hydroxylation is 1. The van der Waals surface area contributed by atoms with Crippen molar-refractivity contribution in [3.05, 3.63) is 118 Å². The number of hydrogen-bond donors (Lipinski definition) is 0. The topological polar surface area (TPSA) is 29.5 Å². The van der Waals surface area contributed by atoms with Gasteiger partial charge in [0.05, 0.1) is 12.7 Å². The number of methoxy groups -OCH3 is 1. The van der Waals surface area contributed by atoms with Crippen molar-refractivity contribution >= 4 is 35.5 Å². The van der Waals surface area contributed by atoms with Crippen LogP contribution in [-0.2, 0) is 10.8 Å². The van der Waals surface area contributed by atoms with Crippen LogP contribution in [-0.4, -0.2) is 13.4 Å². The molecule has 0 unspecified atom stereocenters. The Morgan fingerprint density at radius 1 is 0.625 bits per heavy atom. The van der Waals surface area contributed by atoms with Crippen LogP contribution in [0.15, 0.2) is 84.9 Å². The van der Waals surface area contributed by atoms with E-state index in [1.54, 1.807) is 7.11 Å². The Labute approximate surface area is 240 Å². The van der Waals surface area contributed by atoms with E-state index in [0.29, 0.717) is 11.3 Å². The molecule has 0 heterocycles. The molecule has 206 valence electrons. The Hall–Kier alpha value is -4.11. The first-order valence-electron chi connectivity index (χ1n) is 13.8. The van der Waals surface area contributed by atoms with Gasteiger partial charge in [-0.25, -0.2) is 0 Å². The van der Waals surface area contributed by atoms with E-state index in [1.807, 2.05) is 19.1 Å². The first kappa shape index (κ1) is 28.9. The van der Waals surface area contributed by atoms with Crippen molar-refractivity contribution in [1.82, 2.24) is 0 Å². The number of ether oxygens (including phenoxy) is 1. The van der Waals surface area contributed by atoms with Crippen LogP contribution in [0.4, 0.5) is 17.1 Å². The van der Waals surface area contributed by atoms with Gasteiger partial charge in [-0.15, -0.1) is 0 Å². The Balaban J connectivity index is 1.69. The third kappa shape index (κ3) is 6.54. The summed E-state index contributed by atoms with van der Waals surface area (Å²) in [6.45, 7) is 15.5. The maximum atomic E-state index is 11.3. The summed E-state index contributed by atoms with van der Waals surface area (Å²) in [7, 11) is 1.59. The molecule has 0 fully saturated rings. The van der Waals surface area contributed by atoms with Crippen LogP contribution in [0, 0.1) is 6.92 Å². The second kappa shape index (κ2) is 11.6. The second-order valence-electron chi connectivity index (χ2n) is 12.4. The molecule has 0 saturated carbocycles. The summed E-state index contributed by atoms with van der Waals surface area (Å²) >= 11 is 0. The predicted molar refractivity (Wildman–Crippen MR) is 171 cm³/mol. The molecule has 0 spiro atoms. The van der Waals surface area contributed by atoms with Crippen molar-refractivity contribution in [2.24, 2.45) is 0 Å². The molecule has 40 heavy (non-hydrogen) atoms. The zero-order valence-electron chi connectivity index (χ0n) is 25.1. The van der Waals surface area contributed by atoms with Crippen LogP contribution in [0.25, 0.3) is 12.2 Å². The largest absolute Gasteiger partial charge is 0.496 e. The highest BCUT2D eigenvalue weighted by Gasteiger charge is 2.18. The SMILES string of the molecule is COc1cc(/C=C/c2ccc(N(c3ccc(C(C)(C)C)cc3)c3ccc(C(C)(C)C)cc3)cc2)c(C)cc1C=O. The molecule has 3 nitrogen and oxygen atoms in total. The fraction of sp³-hybridized carbons (Fsp3) is 0.270. The molecule has 0 aliphatic heterocycles. The molecule has 0 aromatic heterocycles. The number of benzene rings is 4. The summed E-state index contributed by atoms with van der Waals surface area (Å²) in [6.07, 6.45) is 4.99. The van der Waals surface area contributed by atoms with Gasteiger partial charge in [-0.3, -0.25) is 4.79 Å². The average molecular weight is 532 g/mol. The fourth-order valence-corrected chi connectivity index (χ4v) is 4.76. The quantitative estimate of drug-likeness (QED) is 0.175. The van der Waals surface area contributed by atoms with E-state index in [4.69, 9.17) is 4.74 Å². The molecular formula is C37H41NO2. The van der Waals surface area contributed by atoms with Crippen molar-refractivity contribution in [2.75, 3.05) is 12.0 Å².